The molecular formula is C17H15F3N4O. The molecule has 0 spiro atoms. The number of alkyl halides is 3. The van der Waals surface area contributed by atoms with E-state index in [4.69, 9.17) is 4.74 Å². The number of nitrogens with zero attached hydrogens (tertiary/aromatic N) is 4. The van der Waals surface area contributed by atoms with Crippen LogP contribution in [-0.4, -0.2) is 26.9 Å². The van der Waals surface area contributed by atoms with Gasteiger partial charge in [0.1, 0.15) is 11.2 Å². The fourth-order valence-corrected chi connectivity index (χ4v) is 2.68. The Morgan fingerprint density at radius 1 is 1.20 bits per heavy atom. The quantitative estimate of drug-likeness (QED) is 0.670. The van der Waals surface area contributed by atoms with Crippen LogP contribution in [0.4, 0.5) is 13.2 Å². The van der Waals surface area contributed by atoms with E-state index in [1.165, 1.54) is 17.9 Å². The fraction of sp³-hybridized carbons (Fsp3) is 0.235. The molecule has 0 amide bonds. The van der Waals surface area contributed by atoms with Crippen LogP contribution in [0, 0.1) is 6.92 Å². The second kappa shape index (κ2) is 6.19. The van der Waals surface area contributed by atoms with Crippen molar-refractivity contribution in [1.29, 1.82) is 0 Å². The molecule has 0 bridgehead atoms. The number of aryl methyl sites for hydroxylation is 1. The summed E-state index contributed by atoms with van der Waals surface area (Å²) < 4.78 is 46.8. The lowest BCUT2D eigenvalue weighted by Gasteiger charge is -2.14. The van der Waals surface area contributed by atoms with E-state index >= 15 is 0 Å². The summed E-state index contributed by atoms with van der Waals surface area (Å²) in [5.74, 6) is 0.132. The van der Waals surface area contributed by atoms with Gasteiger partial charge in [0.05, 0.1) is 13.2 Å². The number of fused-ring (bicyclic) bond motifs is 1. The highest BCUT2D eigenvalue weighted by molar-refractivity contribution is 5.84. The van der Waals surface area contributed by atoms with E-state index < -0.39 is 17.9 Å². The predicted octanol–water partition coefficient (Wildman–Crippen LogP) is 3.94. The predicted molar refractivity (Wildman–Crippen MR) is 86.4 cm³/mol. The zero-order chi connectivity index (χ0) is 18.2. The van der Waals surface area contributed by atoms with Crippen LogP contribution in [-0.2, 0) is 6.18 Å². The first-order valence-corrected chi connectivity index (χ1v) is 7.42. The molecule has 0 saturated heterocycles. The van der Waals surface area contributed by atoms with Crippen LogP contribution >= 0.6 is 0 Å². The van der Waals surface area contributed by atoms with E-state index in [0.29, 0.717) is 0 Å². The van der Waals surface area contributed by atoms with Crippen molar-refractivity contribution < 1.29 is 17.9 Å². The largest absolute Gasteiger partial charge is 0.480 e. The van der Waals surface area contributed by atoms with Gasteiger partial charge in [0.15, 0.2) is 11.3 Å². The van der Waals surface area contributed by atoms with E-state index in [2.05, 4.69) is 21.6 Å². The van der Waals surface area contributed by atoms with Gasteiger partial charge in [-0.3, -0.25) is 0 Å². The average Bonchev–Trinajstić information content (AvgIpc) is 2.95. The minimum atomic E-state index is -4.67. The minimum Gasteiger partial charge on any atom is -0.480 e. The van der Waals surface area contributed by atoms with Gasteiger partial charge in [-0.1, -0.05) is 36.4 Å². The third-order valence-corrected chi connectivity index (χ3v) is 3.72. The van der Waals surface area contributed by atoms with Gasteiger partial charge in [-0.15, -0.1) is 6.58 Å². The Balaban J connectivity index is 2.36. The fourth-order valence-electron chi connectivity index (χ4n) is 2.68. The van der Waals surface area contributed by atoms with Gasteiger partial charge in [-0.2, -0.15) is 23.3 Å². The third kappa shape index (κ3) is 2.95. The Labute approximate surface area is 141 Å². The summed E-state index contributed by atoms with van der Waals surface area (Å²) in [6.45, 7) is 5.32. The van der Waals surface area contributed by atoms with Crippen molar-refractivity contribution in [2.24, 2.45) is 0 Å². The van der Waals surface area contributed by atoms with Gasteiger partial charge < -0.3 is 4.74 Å². The summed E-state index contributed by atoms with van der Waals surface area (Å²) >= 11 is 0. The summed E-state index contributed by atoms with van der Waals surface area (Å²) in [5, 5.41) is 3.54. The van der Waals surface area contributed by atoms with Gasteiger partial charge >= 0.3 is 6.18 Å². The SMILES string of the molecule is C=CC(c1ccccc1)n1nc(C(F)(F)F)c2c(OC)nc(C)nc21. The Morgan fingerprint density at radius 3 is 2.44 bits per heavy atom. The molecule has 0 aliphatic heterocycles. The standard InChI is InChI=1S/C17H15F3N4O/c1-4-12(11-8-6-5-7-9-11)24-15-13(14(23-24)17(18,19)20)16(25-3)22-10(2)21-15/h4-9,12H,1H2,2-3H3. The van der Waals surface area contributed by atoms with E-state index in [1.54, 1.807) is 31.2 Å². The molecule has 0 aliphatic rings. The first kappa shape index (κ1) is 16.9. The lowest BCUT2D eigenvalue weighted by molar-refractivity contribution is -0.140. The number of hydrogen-bond donors (Lipinski definition) is 0. The second-order valence-electron chi connectivity index (χ2n) is 5.36. The molecule has 2 aromatic heterocycles. The average molecular weight is 348 g/mol. The Bertz CT molecular complexity index is 919. The van der Waals surface area contributed by atoms with Crippen molar-refractivity contribution in [2.75, 3.05) is 7.11 Å². The van der Waals surface area contributed by atoms with Gasteiger partial charge in [-0.05, 0) is 12.5 Å². The molecule has 1 unspecified atom stereocenters. The van der Waals surface area contributed by atoms with Crippen LogP contribution in [0.5, 0.6) is 5.88 Å². The second-order valence-corrected chi connectivity index (χ2v) is 5.36. The number of hydrogen-bond acceptors (Lipinski definition) is 4. The molecule has 1 aromatic carbocycles. The molecule has 0 radical (unpaired) electrons. The molecule has 130 valence electrons. The molecule has 3 rings (SSSR count). The van der Waals surface area contributed by atoms with Crippen LogP contribution in [0.25, 0.3) is 11.0 Å². The topological polar surface area (TPSA) is 52.8 Å². The molecule has 8 heteroatoms. The van der Waals surface area contributed by atoms with Crippen LogP contribution in [0.3, 0.4) is 0 Å². The van der Waals surface area contributed by atoms with Crippen LogP contribution in [0.15, 0.2) is 43.0 Å². The maximum atomic E-state index is 13.5. The van der Waals surface area contributed by atoms with Crippen molar-refractivity contribution in [2.45, 2.75) is 19.1 Å². The molecule has 0 N–H and O–H groups in total. The number of aromatic nitrogens is 4. The summed E-state index contributed by atoms with van der Waals surface area (Å²) in [6, 6.07) is 8.38. The summed E-state index contributed by atoms with van der Waals surface area (Å²) in [5.41, 5.74) is -0.293. The maximum absolute atomic E-state index is 13.5. The van der Waals surface area contributed by atoms with E-state index in [0.717, 1.165) is 5.56 Å². The molecule has 0 fully saturated rings. The number of allylic oxidation sites excluding steroid dienone is 1. The van der Waals surface area contributed by atoms with E-state index in [-0.39, 0.29) is 22.7 Å². The van der Waals surface area contributed by atoms with Gasteiger partial charge in [0.2, 0.25) is 5.88 Å². The van der Waals surface area contributed by atoms with Gasteiger partial charge in [-0.25, -0.2) is 9.67 Å². The first-order valence-electron chi connectivity index (χ1n) is 7.42. The number of benzene rings is 1. The Hall–Kier alpha value is -2.90. The van der Waals surface area contributed by atoms with Crippen molar-refractivity contribution >= 4 is 11.0 Å². The Kier molecular flexibility index (Phi) is 4.20. The monoisotopic (exact) mass is 348 g/mol. The van der Waals surface area contributed by atoms with E-state index in [9.17, 15) is 13.2 Å². The highest BCUT2D eigenvalue weighted by atomic mass is 19.4. The minimum absolute atomic E-state index is 0.0467. The summed E-state index contributed by atoms with van der Waals surface area (Å²) in [7, 11) is 1.26. The van der Waals surface area contributed by atoms with Crippen molar-refractivity contribution in [1.82, 2.24) is 19.7 Å². The lowest BCUT2D eigenvalue weighted by Crippen LogP contribution is -2.13. The van der Waals surface area contributed by atoms with Crippen molar-refractivity contribution in [3.63, 3.8) is 0 Å². The summed E-state index contributed by atoms with van der Waals surface area (Å²) in [6.07, 6.45) is -3.15. The van der Waals surface area contributed by atoms with Crippen molar-refractivity contribution in [3.05, 3.63) is 60.1 Å². The smallest absolute Gasteiger partial charge is 0.436 e. The molecule has 5 nitrogen and oxygen atoms in total. The van der Waals surface area contributed by atoms with E-state index in [1.807, 2.05) is 6.07 Å². The molecule has 0 saturated carbocycles. The zero-order valence-corrected chi connectivity index (χ0v) is 13.6. The third-order valence-electron chi connectivity index (χ3n) is 3.72. The van der Waals surface area contributed by atoms with Crippen LogP contribution in [0.2, 0.25) is 0 Å². The number of ether oxygens (including phenoxy) is 1. The number of halogens is 3. The molecule has 1 atom stereocenters. The Morgan fingerprint density at radius 2 is 1.88 bits per heavy atom. The number of rotatable bonds is 4. The maximum Gasteiger partial charge on any atom is 0.436 e. The van der Waals surface area contributed by atoms with Crippen molar-refractivity contribution in [3.8, 4) is 5.88 Å². The highest BCUT2D eigenvalue weighted by Gasteiger charge is 2.40. The molecule has 0 aliphatic carbocycles. The molecular weight excluding hydrogens is 333 g/mol. The zero-order valence-electron chi connectivity index (χ0n) is 13.6. The summed E-state index contributed by atoms with van der Waals surface area (Å²) in [4.78, 5) is 8.13. The molecule has 2 heterocycles. The normalized spacial score (nSPS) is 13.0. The van der Waals surface area contributed by atoms with Crippen LogP contribution in [0.1, 0.15) is 23.1 Å². The lowest BCUT2D eigenvalue weighted by atomic mass is 10.1. The molecule has 3 aromatic rings. The molecule has 25 heavy (non-hydrogen) atoms. The first-order chi connectivity index (χ1) is 11.9. The highest BCUT2D eigenvalue weighted by Crippen LogP contribution is 2.38. The van der Waals surface area contributed by atoms with Gasteiger partial charge in [0, 0.05) is 0 Å². The van der Waals surface area contributed by atoms with Crippen LogP contribution < -0.4 is 4.74 Å². The van der Waals surface area contributed by atoms with Gasteiger partial charge in [0.25, 0.3) is 0 Å². The number of methoxy groups -OCH3 is 1.